The standard InChI is InChI=1S/C22H24N6O2.H2/c1-3-21(30)25-16-12-17-18(14-24-22(17)23-13-16)19-6-4-7-20(26-19)28-9-5-8-27(10-11-28)15(2)29;/h3-4,6-7,12-14H,1,5,8-11H2,2H3,(H,23,24)(H,25,30);1H. The highest BCUT2D eigenvalue weighted by atomic mass is 16.2. The number of aromatic amines is 1. The van der Waals surface area contributed by atoms with Crippen molar-refractivity contribution >= 4 is 34.4 Å². The summed E-state index contributed by atoms with van der Waals surface area (Å²) in [6.45, 7) is 8.17. The first-order valence-corrected chi connectivity index (χ1v) is 9.93. The lowest BCUT2D eigenvalue weighted by Gasteiger charge is -2.22. The number of aromatic nitrogens is 3. The predicted molar refractivity (Wildman–Crippen MR) is 119 cm³/mol. The van der Waals surface area contributed by atoms with E-state index in [1.807, 2.05) is 35.4 Å². The van der Waals surface area contributed by atoms with Crippen LogP contribution in [-0.2, 0) is 9.59 Å². The molecule has 30 heavy (non-hydrogen) atoms. The number of fused-ring (bicyclic) bond motifs is 1. The van der Waals surface area contributed by atoms with Crippen molar-refractivity contribution in [2.24, 2.45) is 0 Å². The van der Waals surface area contributed by atoms with Gasteiger partial charge in [0.05, 0.1) is 17.6 Å². The molecule has 0 saturated carbocycles. The minimum Gasteiger partial charge on any atom is -0.355 e. The van der Waals surface area contributed by atoms with Crippen molar-refractivity contribution in [2.75, 3.05) is 36.4 Å². The van der Waals surface area contributed by atoms with Crippen molar-refractivity contribution in [1.29, 1.82) is 0 Å². The third-order valence-electron chi connectivity index (χ3n) is 5.26. The minimum absolute atomic E-state index is 0. The van der Waals surface area contributed by atoms with E-state index in [0.717, 1.165) is 54.2 Å². The summed E-state index contributed by atoms with van der Waals surface area (Å²) in [7, 11) is 0. The SMILES string of the molecule is C=CC(=O)Nc1cnc2[nH]cc(-c3cccc(N4CCCN(C(C)=O)CC4)n3)c2c1.[HH]. The van der Waals surface area contributed by atoms with Gasteiger partial charge in [0.25, 0.3) is 0 Å². The molecule has 1 aliphatic rings. The van der Waals surface area contributed by atoms with Gasteiger partial charge in [0, 0.05) is 51.7 Å². The van der Waals surface area contributed by atoms with Gasteiger partial charge in [-0.2, -0.15) is 0 Å². The van der Waals surface area contributed by atoms with Gasteiger partial charge in [0.1, 0.15) is 11.5 Å². The fraction of sp³-hybridized carbons (Fsp3) is 0.273. The van der Waals surface area contributed by atoms with Crippen molar-refractivity contribution in [2.45, 2.75) is 13.3 Å². The zero-order valence-corrected chi connectivity index (χ0v) is 16.9. The number of H-pyrrole nitrogens is 1. The Balaban J connectivity index is 0.00000272. The molecule has 4 heterocycles. The summed E-state index contributed by atoms with van der Waals surface area (Å²) in [5, 5.41) is 3.62. The second-order valence-electron chi connectivity index (χ2n) is 7.24. The van der Waals surface area contributed by atoms with Crippen LogP contribution in [0.25, 0.3) is 22.3 Å². The molecule has 0 aromatic carbocycles. The lowest BCUT2D eigenvalue weighted by atomic mass is 10.1. The van der Waals surface area contributed by atoms with Crippen LogP contribution in [0.1, 0.15) is 14.8 Å². The first kappa shape index (κ1) is 19.6. The maximum atomic E-state index is 11.7. The van der Waals surface area contributed by atoms with Crippen molar-refractivity contribution in [1.82, 2.24) is 19.9 Å². The Morgan fingerprint density at radius 3 is 2.93 bits per heavy atom. The summed E-state index contributed by atoms with van der Waals surface area (Å²) in [5.74, 6) is 0.717. The molecular formula is C22H26N6O2. The zero-order valence-electron chi connectivity index (χ0n) is 16.9. The average molecular weight is 406 g/mol. The summed E-state index contributed by atoms with van der Waals surface area (Å²) in [6.07, 6.45) is 5.62. The molecule has 3 aromatic heterocycles. The summed E-state index contributed by atoms with van der Waals surface area (Å²) >= 11 is 0. The van der Waals surface area contributed by atoms with E-state index in [2.05, 4.69) is 26.8 Å². The topological polar surface area (TPSA) is 94.2 Å². The molecule has 1 saturated heterocycles. The molecule has 0 bridgehead atoms. The predicted octanol–water partition coefficient (Wildman–Crippen LogP) is 3.05. The summed E-state index contributed by atoms with van der Waals surface area (Å²) < 4.78 is 0. The van der Waals surface area contributed by atoms with Crippen LogP contribution in [0.3, 0.4) is 0 Å². The molecule has 0 spiro atoms. The van der Waals surface area contributed by atoms with Crippen LogP contribution in [0, 0.1) is 0 Å². The third kappa shape index (κ3) is 4.03. The van der Waals surface area contributed by atoms with Gasteiger partial charge in [-0.05, 0) is 30.7 Å². The molecule has 156 valence electrons. The van der Waals surface area contributed by atoms with Crippen LogP contribution < -0.4 is 10.2 Å². The molecule has 0 radical (unpaired) electrons. The van der Waals surface area contributed by atoms with Gasteiger partial charge >= 0.3 is 0 Å². The molecule has 4 rings (SSSR count). The molecule has 1 aliphatic heterocycles. The van der Waals surface area contributed by atoms with Crippen LogP contribution in [0.2, 0.25) is 0 Å². The first-order chi connectivity index (χ1) is 14.5. The molecule has 0 unspecified atom stereocenters. The highest BCUT2D eigenvalue weighted by molar-refractivity contribution is 6.01. The molecule has 1 fully saturated rings. The Hall–Kier alpha value is -3.68. The summed E-state index contributed by atoms with van der Waals surface area (Å²) in [5.41, 5.74) is 3.05. The van der Waals surface area contributed by atoms with Gasteiger partial charge in [-0.15, -0.1) is 0 Å². The number of amides is 2. The number of carbonyl (C=O) groups excluding carboxylic acids is 2. The van der Waals surface area contributed by atoms with Gasteiger partial charge in [0.15, 0.2) is 0 Å². The lowest BCUT2D eigenvalue weighted by Crippen LogP contribution is -2.33. The van der Waals surface area contributed by atoms with Crippen molar-refractivity contribution in [3.05, 3.63) is 49.3 Å². The fourth-order valence-electron chi connectivity index (χ4n) is 3.69. The Morgan fingerprint density at radius 1 is 1.27 bits per heavy atom. The Kier molecular flexibility index (Phi) is 5.47. The number of nitrogens with zero attached hydrogens (tertiary/aromatic N) is 4. The Bertz CT molecular complexity index is 1110. The smallest absolute Gasteiger partial charge is 0.247 e. The minimum atomic E-state index is -0.283. The molecule has 0 atom stereocenters. The second-order valence-corrected chi connectivity index (χ2v) is 7.24. The van der Waals surface area contributed by atoms with E-state index < -0.39 is 0 Å². The largest absolute Gasteiger partial charge is 0.355 e. The summed E-state index contributed by atoms with van der Waals surface area (Å²) in [4.78, 5) is 39.8. The third-order valence-corrected chi connectivity index (χ3v) is 5.26. The van der Waals surface area contributed by atoms with Gasteiger partial charge < -0.3 is 20.1 Å². The molecule has 2 N–H and O–H groups in total. The zero-order chi connectivity index (χ0) is 21.1. The van der Waals surface area contributed by atoms with Crippen LogP contribution >= 0.6 is 0 Å². The average Bonchev–Trinajstić information content (AvgIpc) is 3.00. The van der Waals surface area contributed by atoms with E-state index in [9.17, 15) is 9.59 Å². The molecule has 2 amide bonds. The first-order valence-electron chi connectivity index (χ1n) is 9.93. The molecular weight excluding hydrogens is 380 g/mol. The number of anilines is 2. The number of carbonyl (C=O) groups is 2. The van der Waals surface area contributed by atoms with Gasteiger partial charge in [-0.3, -0.25) is 9.59 Å². The van der Waals surface area contributed by atoms with E-state index in [-0.39, 0.29) is 13.2 Å². The molecule has 3 aromatic rings. The monoisotopic (exact) mass is 406 g/mol. The van der Waals surface area contributed by atoms with E-state index in [4.69, 9.17) is 4.98 Å². The van der Waals surface area contributed by atoms with Crippen LogP contribution in [0.4, 0.5) is 11.5 Å². The normalized spacial score (nSPS) is 14.4. The van der Waals surface area contributed by atoms with Crippen LogP contribution in [-0.4, -0.2) is 57.8 Å². The van der Waals surface area contributed by atoms with E-state index in [1.165, 1.54) is 6.08 Å². The molecule has 0 aliphatic carbocycles. The lowest BCUT2D eigenvalue weighted by molar-refractivity contribution is -0.128. The number of hydrogen-bond acceptors (Lipinski definition) is 5. The number of pyridine rings is 2. The maximum Gasteiger partial charge on any atom is 0.247 e. The molecule has 8 nitrogen and oxygen atoms in total. The van der Waals surface area contributed by atoms with Crippen molar-refractivity contribution in [3.8, 4) is 11.3 Å². The number of rotatable bonds is 4. The number of nitrogens with one attached hydrogen (secondary N) is 2. The Morgan fingerprint density at radius 2 is 2.13 bits per heavy atom. The van der Waals surface area contributed by atoms with Crippen molar-refractivity contribution in [3.63, 3.8) is 0 Å². The quantitative estimate of drug-likeness (QED) is 0.650. The van der Waals surface area contributed by atoms with Crippen LogP contribution in [0.5, 0.6) is 0 Å². The van der Waals surface area contributed by atoms with Crippen LogP contribution in [0.15, 0.2) is 49.3 Å². The Labute approximate surface area is 176 Å². The second kappa shape index (κ2) is 8.36. The van der Waals surface area contributed by atoms with E-state index in [0.29, 0.717) is 12.2 Å². The highest BCUT2D eigenvalue weighted by Gasteiger charge is 2.18. The van der Waals surface area contributed by atoms with E-state index in [1.54, 1.807) is 13.1 Å². The van der Waals surface area contributed by atoms with E-state index >= 15 is 0 Å². The fourth-order valence-corrected chi connectivity index (χ4v) is 3.69. The van der Waals surface area contributed by atoms with Gasteiger partial charge in [-0.1, -0.05) is 12.6 Å². The number of hydrogen-bond donors (Lipinski definition) is 2. The highest BCUT2D eigenvalue weighted by Crippen LogP contribution is 2.29. The van der Waals surface area contributed by atoms with Gasteiger partial charge in [-0.25, -0.2) is 9.97 Å². The summed E-state index contributed by atoms with van der Waals surface area (Å²) in [6, 6.07) is 7.82. The van der Waals surface area contributed by atoms with Gasteiger partial charge in [0.2, 0.25) is 11.8 Å². The van der Waals surface area contributed by atoms with Crippen molar-refractivity contribution < 1.29 is 11.0 Å². The maximum absolute atomic E-state index is 11.7. The molecule has 8 heteroatoms.